The number of fused-ring (bicyclic) bond motifs is 9. The molecule has 0 bridgehead atoms. The van der Waals surface area contributed by atoms with E-state index in [1.54, 1.807) is 0 Å². The number of aryl methyl sites for hydroxylation is 1. The van der Waals surface area contributed by atoms with Gasteiger partial charge in [-0.1, -0.05) is 181 Å². The van der Waals surface area contributed by atoms with Crippen LogP contribution in [0.25, 0.3) is 0 Å². The average molecular weight is 892 g/mol. The van der Waals surface area contributed by atoms with Crippen molar-refractivity contribution in [2.45, 2.75) is 142 Å². The van der Waals surface area contributed by atoms with Gasteiger partial charge in [-0.15, -0.1) is 0 Å². The fourth-order valence-electron chi connectivity index (χ4n) is 12.5. The summed E-state index contributed by atoms with van der Waals surface area (Å²) >= 11 is 0. The van der Waals surface area contributed by atoms with Gasteiger partial charge in [0.15, 0.2) is 0 Å². The second-order valence-electron chi connectivity index (χ2n) is 25.1. The van der Waals surface area contributed by atoms with Crippen LogP contribution in [0.15, 0.2) is 146 Å². The molecule has 0 spiro atoms. The van der Waals surface area contributed by atoms with E-state index in [1.807, 2.05) is 0 Å². The Bertz CT molecular complexity index is 3040. The zero-order valence-electron chi connectivity index (χ0n) is 43.2. The van der Waals surface area contributed by atoms with E-state index in [4.69, 9.17) is 0 Å². The molecule has 0 saturated carbocycles. The minimum Gasteiger partial charge on any atom is -0.330 e. The SMILES string of the molecule is CC(C)(C)c1cccc(N2c3cc(C(C)(C)C)ccc3B3c4ccc(C(C)(C)C)cc4N(c4cccc(C(C)(C)C)c4)c4cc(N5c6ccccc6C6(C)CCc7ccccc7C56C)cc2c43)c1. The van der Waals surface area contributed by atoms with Gasteiger partial charge < -0.3 is 14.7 Å². The number of nitrogens with zero attached hydrogens (tertiary/aromatic N) is 3. The van der Waals surface area contributed by atoms with Crippen LogP contribution in [-0.2, 0) is 39.0 Å². The van der Waals surface area contributed by atoms with Gasteiger partial charge in [0.2, 0.25) is 0 Å². The van der Waals surface area contributed by atoms with Crippen LogP contribution in [0.4, 0.5) is 45.5 Å². The van der Waals surface area contributed by atoms with Gasteiger partial charge in [0, 0.05) is 50.9 Å². The predicted octanol–water partition coefficient (Wildman–Crippen LogP) is 15.2. The van der Waals surface area contributed by atoms with E-state index in [9.17, 15) is 0 Å². The van der Waals surface area contributed by atoms with Crippen molar-refractivity contribution in [3.05, 3.63) is 185 Å². The maximum atomic E-state index is 2.77. The molecular formula is C64H70BN3. The van der Waals surface area contributed by atoms with Crippen molar-refractivity contribution in [2.75, 3.05) is 14.7 Å². The van der Waals surface area contributed by atoms with E-state index < -0.39 is 0 Å². The lowest BCUT2D eigenvalue weighted by atomic mass is 9.33. The molecule has 0 N–H and O–H groups in total. The van der Waals surface area contributed by atoms with Gasteiger partial charge in [0.05, 0.1) is 5.54 Å². The molecule has 7 aromatic rings. The van der Waals surface area contributed by atoms with Gasteiger partial charge >= 0.3 is 0 Å². The minimum absolute atomic E-state index is 0.00769. The van der Waals surface area contributed by atoms with Crippen molar-refractivity contribution >= 4 is 68.6 Å². The van der Waals surface area contributed by atoms with E-state index in [-0.39, 0.29) is 39.3 Å². The molecule has 2 unspecified atom stereocenters. The maximum absolute atomic E-state index is 2.77. The van der Waals surface area contributed by atoms with Crippen molar-refractivity contribution in [3.63, 3.8) is 0 Å². The van der Waals surface area contributed by atoms with Crippen molar-refractivity contribution in [3.8, 4) is 0 Å². The Morgan fingerprint density at radius 3 is 1.37 bits per heavy atom. The molecule has 0 amide bonds. The summed E-state index contributed by atoms with van der Waals surface area (Å²) in [7, 11) is 0. The minimum atomic E-state index is -0.363. The third kappa shape index (κ3) is 6.52. The molecule has 344 valence electrons. The number of hydrogen-bond acceptors (Lipinski definition) is 3. The Labute approximate surface area is 408 Å². The summed E-state index contributed by atoms with van der Waals surface area (Å²) in [5.41, 5.74) is 23.0. The summed E-state index contributed by atoms with van der Waals surface area (Å²) in [6, 6.07) is 57.4. The molecule has 0 saturated heterocycles. The van der Waals surface area contributed by atoms with Crippen molar-refractivity contribution in [2.24, 2.45) is 0 Å². The standard InChI is InChI=1S/C64H70BN3/c1-59(2,3)42-22-19-24-46(35-42)66-54-37-44(61(7,8)9)29-31-51(54)65-52-32-30-45(62(10,11)12)38-55(52)67(47-25-20-23-43(36-47)60(4,5)6)57-40-48(39-56(66)58(57)65)68-53-28-18-17-27-50(53)63(13)34-33-41-21-15-16-26-49(41)64(63,68)14/h15-32,35-40H,33-34H2,1-14H3. The van der Waals surface area contributed by atoms with E-state index >= 15 is 0 Å². The highest BCUT2D eigenvalue weighted by atomic mass is 15.3. The monoisotopic (exact) mass is 892 g/mol. The number of benzene rings is 7. The number of hydrogen-bond donors (Lipinski definition) is 0. The summed E-state index contributed by atoms with van der Waals surface area (Å²) < 4.78 is 0. The first-order valence-corrected chi connectivity index (χ1v) is 25.3. The largest absolute Gasteiger partial charge is 0.330 e. The van der Waals surface area contributed by atoms with Crippen molar-refractivity contribution in [1.82, 2.24) is 0 Å². The fourth-order valence-corrected chi connectivity index (χ4v) is 12.5. The summed E-state index contributed by atoms with van der Waals surface area (Å²) in [5.74, 6) is 0. The highest BCUT2D eigenvalue weighted by Crippen LogP contribution is 2.64. The Balaban J connectivity index is 1.31. The van der Waals surface area contributed by atoms with E-state index in [1.165, 1.54) is 101 Å². The Hall–Kier alpha value is -6.00. The van der Waals surface area contributed by atoms with Gasteiger partial charge in [-0.2, -0.15) is 0 Å². The summed E-state index contributed by atoms with van der Waals surface area (Å²) in [6.07, 6.45) is 2.15. The van der Waals surface area contributed by atoms with Crippen LogP contribution in [-0.4, -0.2) is 6.71 Å². The van der Waals surface area contributed by atoms with E-state index in [0.717, 1.165) is 12.8 Å². The zero-order chi connectivity index (χ0) is 48.1. The van der Waals surface area contributed by atoms with Crippen LogP contribution >= 0.6 is 0 Å². The van der Waals surface area contributed by atoms with Crippen LogP contribution in [0.2, 0.25) is 0 Å². The highest BCUT2D eigenvalue weighted by molar-refractivity contribution is 7.00. The average Bonchev–Trinajstić information content (AvgIpc) is 3.50. The Morgan fingerprint density at radius 1 is 0.412 bits per heavy atom. The molecule has 0 aromatic heterocycles. The van der Waals surface area contributed by atoms with Crippen LogP contribution in [0.1, 0.15) is 142 Å². The van der Waals surface area contributed by atoms with Crippen LogP contribution < -0.4 is 31.1 Å². The third-order valence-electron chi connectivity index (χ3n) is 16.7. The first-order chi connectivity index (χ1) is 32.0. The maximum Gasteiger partial charge on any atom is 0.252 e. The lowest BCUT2D eigenvalue weighted by Crippen LogP contribution is -2.61. The van der Waals surface area contributed by atoms with Crippen molar-refractivity contribution in [1.29, 1.82) is 0 Å². The van der Waals surface area contributed by atoms with Crippen LogP contribution in [0.5, 0.6) is 0 Å². The molecule has 1 aliphatic carbocycles. The Kier molecular flexibility index (Phi) is 9.66. The second kappa shape index (κ2) is 14.8. The van der Waals surface area contributed by atoms with Crippen molar-refractivity contribution < 1.29 is 0 Å². The first kappa shape index (κ1) is 44.5. The molecule has 2 atom stereocenters. The van der Waals surface area contributed by atoms with Gasteiger partial charge in [-0.25, -0.2) is 0 Å². The molecule has 0 radical (unpaired) electrons. The molecule has 68 heavy (non-hydrogen) atoms. The molecule has 7 aromatic carbocycles. The van der Waals surface area contributed by atoms with E-state index in [0.29, 0.717) is 0 Å². The molecule has 11 rings (SSSR count). The molecule has 4 aliphatic rings. The fraction of sp³-hybridized carbons (Fsp3) is 0.344. The topological polar surface area (TPSA) is 9.72 Å². The molecule has 3 heterocycles. The van der Waals surface area contributed by atoms with Gasteiger partial charge in [0.1, 0.15) is 0 Å². The second-order valence-corrected chi connectivity index (χ2v) is 25.1. The third-order valence-corrected chi connectivity index (χ3v) is 16.7. The van der Waals surface area contributed by atoms with E-state index in [2.05, 4.69) is 257 Å². The molecule has 4 heteroatoms. The predicted molar refractivity (Wildman–Crippen MR) is 293 cm³/mol. The first-order valence-electron chi connectivity index (χ1n) is 25.3. The Morgan fingerprint density at radius 2 is 0.868 bits per heavy atom. The molecule has 3 nitrogen and oxygen atoms in total. The summed E-state index contributed by atoms with van der Waals surface area (Å²) in [4.78, 5) is 8.06. The normalized spacial score (nSPS) is 19.5. The number of para-hydroxylation sites is 1. The zero-order valence-corrected chi connectivity index (χ0v) is 43.2. The molecule has 3 aliphatic heterocycles. The lowest BCUT2D eigenvalue weighted by Gasteiger charge is -2.52. The van der Waals surface area contributed by atoms with Gasteiger partial charge in [-0.3, -0.25) is 0 Å². The lowest BCUT2D eigenvalue weighted by molar-refractivity contribution is 0.245. The quantitative estimate of drug-likeness (QED) is 0.164. The summed E-state index contributed by atoms with van der Waals surface area (Å²) in [6.45, 7) is 33.2. The van der Waals surface area contributed by atoms with Gasteiger partial charge in [0.25, 0.3) is 6.71 Å². The smallest absolute Gasteiger partial charge is 0.252 e. The van der Waals surface area contributed by atoms with Crippen LogP contribution in [0.3, 0.4) is 0 Å². The molecule has 0 fully saturated rings. The summed E-state index contributed by atoms with van der Waals surface area (Å²) in [5, 5.41) is 0. The highest BCUT2D eigenvalue weighted by Gasteiger charge is 2.60. The number of rotatable bonds is 3. The number of anilines is 8. The molecular weight excluding hydrogens is 822 g/mol. The van der Waals surface area contributed by atoms with Gasteiger partial charge in [-0.05, 0) is 151 Å². The van der Waals surface area contributed by atoms with Crippen LogP contribution in [0, 0.1) is 0 Å².